The highest BCUT2D eigenvalue weighted by atomic mass is 35.5. The van der Waals surface area contributed by atoms with Crippen LogP contribution < -0.4 is 4.74 Å². The van der Waals surface area contributed by atoms with Crippen LogP contribution in [0.15, 0.2) is 30.3 Å². The van der Waals surface area contributed by atoms with E-state index in [1.807, 2.05) is 0 Å². The zero-order chi connectivity index (χ0) is 17.0. The highest BCUT2D eigenvalue weighted by Gasteiger charge is 2.12. The second-order valence-electron chi connectivity index (χ2n) is 4.77. The fourth-order valence-electron chi connectivity index (χ4n) is 1.98. The summed E-state index contributed by atoms with van der Waals surface area (Å²) >= 11 is 24.4. The lowest BCUT2D eigenvalue weighted by Crippen LogP contribution is -2.02. The van der Waals surface area contributed by atoms with Crippen LogP contribution in [0.25, 0.3) is 11.1 Å². The molecule has 7 heteroatoms. The monoisotopic (exact) mass is 392 g/mol. The molecule has 0 aromatic heterocycles. The predicted molar refractivity (Wildman–Crippen MR) is 94.3 cm³/mol. The van der Waals surface area contributed by atoms with E-state index in [4.69, 9.17) is 56.2 Å². The molecule has 3 nitrogen and oxygen atoms in total. The van der Waals surface area contributed by atoms with Crippen molar-refractivity contribution in [1.29, 1.82) is 0 Å². The molecule has 0 aliphatic heterocycles. The molecule has 2 aromatic carbocycles. The zero-order valence-electron chi connectivity index (χ0n) is 11.8. The topological polar surface area (TPSA) is 46.5 Å². The molecule has 2 rings (SSSR count). The molecule has 23 heavy (non-hydrogen) atoms. The van der Waals surface area contributed by atoms with E-state index in [9.17, 15) is 4.79 Å². The molecule has 0 aliphatic carbocycles. The van der Waals surface area contributed by atoms with Crippen molar-refractivity contribution in [3.63, 3.8) is 0 Å². The molecule has 1 N–H and O–H groups in total. The quantitative estimate of drug-likeness (QED) is 0.593. The molecule has 122 valence electrons. The first-order valence-electron chi connectivity index (χ1n) is 6.67. The van der Waals surface area contributed by atoms with E-state index in [1.54, 1.807) is 30.3 Å². The van der Waals surface area contributed by atoms with Crippen molar-refractivity contribution in [3.05, 3.63) is 50.4 Å². The Hall–Kier alpha value is -1.13. The largest absolute Gasteiger partial charge is 0.490 e. The van der Waals surface area contributed by atoms with E-state index < -0.39 is 5.97 Å². The molecule has 0 atom stereocenters. The molecule has 2 aromatic rings. The second-order valence-corrected chi connectivity index (χ2v) is 6.46. The second kappa shape index (κ2) is 8.11. The Balaban J connectivity index is 2.21. The van der Waals surface area contributed by atoms with Crippen LogP contribution in [-0.4, -0.2) is 17.7 Å². The summed E-state index contributed by atoms with van der Waals surface area (Å²) in [7, 11) is 0. The Morgan fingerprint density at radius 3 is 1.96 bits per heavy atom. The van der Waals surface area contributed by atoms with Gasteiger partial charge in [0.05, 0.1) is 16.7 Å². The van der Waals surface area contributed by atoms with Gasteiger partial charge in [-0.1, -0.05) is 46.4 Å². The number of hydrogen-bond acceptors (Lipinski definition) is 2. The number of ether oxygens (including phenoxy) is 1. The van der Waals surface area contributed by atoms with Crippen LogP contribution in [-0.2, 0) is 4.79 Å². The summed E-state index contributed by atoms with van der Waals surface area (Å²) in [6.07, 6.45) is 0.391. The first-order chi connectivity index (χ1) is 10.9. The minimum absolute atomic E-state index is 0.0222. The fourth-order valence-corrected chi connectivity index (χ4v) is 3.10. The molecule has 0 saturated carbocycles. The van der Waals surface area contributed by atoms with Gasteiger partial charge in [-0.3, -0.25) is 4.79 Å². The number of hydrogen-bond donors (Lipinski definition) is 1. The van der Waals surface area contributed by atoms with E-state index in [0.717, 1.165) is 11.1 Å². The van der Waals surface area contributed by atoms with Crippen molar-refractivity contribution in [2.75, 3.05) is 6.61 Å². The third-order valence-electron chi connectivity index (χ3n) is 2.98. The Morgan fingerprint density at radius 1 is 0.913 bits per heavy atom. The Labute approximate surface area is 153 Å². The molecule has 0 heterocycles. The molecule has 0 amide bonds. The van der Waals surface area contributed by atoms with Crippen molar-refractivity contribution in [2.24, 2.45) is 0 Å². The van der Waals surface area contributed by atoms with Gasteiger partial charge in [-0.25, -0.2) is 0 Å². The van der Waals surface area contributed by atoms with Crippen molar-refractivity contribution < 1.29 is 14.6 Å². The number of carbonyl (C=O) groups is 1. The SMILES string of the molecule is O=C(O)CCCOc1c(Cl)cc(-c2cc(Cl)cc(Cl)c2)cc1Cl. The maximum absolute atomic E-state index is 10.5. The first kappa shape index (κ1) is 18.2. The lowest BCUT2D eigenvalue weighted by molar-refractivity contribution is -0.137. The molecular formula is C16H12Cl4O3. The highest BCUT2D eigenvalue weighted by Crippen LogP contribution is 2.38. The predicted octanol–water partition coefficient (Wildman–Crippen LogP) is 6.21. The maximum atomic E-state index is 10.5. The van der Waals surface area contributed by atoms with E-state index in [0.29, 0.717) is 32.3 Å². The van der Waals surface area contributed by atoms with Crippen molar-refractivity contribution in [3.8, 4) is 16.9 Å². The van der Waals surface area contributed by atoms with Crippen molar-refractivity contribution in [1.82, 2.24) is 0 Å². The summed E-state index contributed by atoms with van der Waals surface area (Å²) in [6.45, 7) is 0.216. The van der Waals surface area contributed by atoms with Crippen LogP contribution >= 0.6 is 46.4 Å². The Kier molecular flexibility index (Phi) is 6.42. The van der Waals surface area contributed by atoms with E-state index in [-0.39, 0.29) is 13.0 Å². The van der Waals surface area contributed by atoms with E-state index >= 15 is 0 Å². The van der Waals surface area contributed by atoms with Crippen LogP contribution in [0.5, 0.6) is 5.75 Å². The molecule has 0 fully saturated rings. The Morgan fingerprint density at radius 2 is 1.43 bits per heavy atom. The molecule has 0 radical (unpaired) electrons. The van der Waals surface area contributed by atoms with Crippen LogP contribution in [0.4, 0.5) is 0 Å². The van der Waals surface area contributed by atoms with Gasteiger partial charge in [0.1, 0.15) is 0 Å². The molecule has 0 bridgehead atoms. The van der Waals surface area contributed by atoms with Gasteiger partial charge in [0.15, 0.2) is 5.75 Å². The minimum Gasteiger partial charge on any atom is -0.490 e. The Bertz CT molecular complexity index is 688. The average Bonchev–Trinajstić information content (AvgIpc) is 2.44. The lowest BCUT2D eigenvalue weighted by atomic mass is 10.1. The summed E-state index contributed by atoms with van der Waals surface area (Å²) in [6, 6.07) is 8.53. The van der Waals surface area contributed by atoms with Gasteiger partial charge in [0, 0.05) is 16.5 Å². The zero-order valence-corrected chi connectivity index (χ0v) is 14.8. The van der Waals surface area contributed by atoms with Crippen LogP contribution in [0, 0.1) is 0 Å². The summed E-state index contributed by atoms with van der Waals surface area (Å²) in [5, 5.41) is 10.3. The van der Waals surface area contributed by atoms with E-state index in [1.165, 1.54) is 0 Å². The molecule has 0 spiro atoms. The van der Waals surface area contributed by atoms with Gasteiger partial charge in [0.2, 0.25) is 0 Å². The number of benzene rings is 2. The summed E-state index contributed by atoms with van der Waals surface area (Å²) in [4.78, 5) is 10.5. The highest BCUT2D eigenvalue weighted by molar-refractivity contribution is 6.38. The van der Waals surface area contributed by atoms with Crippen LogP contribution in [0.1, 0.15) is 12.8 Å². The van der Waals surface area contributed by atoms with Crippen LogP contribution in [0.3, 0.4) is 0 Å². The van der Waals surface area contributed by atoms with E-state index in [2.05, 4.69) is 0 Å². The van der Waals surface area contributed by atoms with Gasteiger partial charge >= 0.3 is 5.97 Å². The standard InChI is InChI=1S/C16H12Cl4O3/c17-11-4-9(5-12(18)8-11)10-6-13(19)16(14(20)7-10)23-3-1-2-15(21)22/h4-8H,1-3H2,(H,21,22). The third-order valence-corrected chi connectivity index (χ3v) is 3.97. The normalized spacial score (nSPS) is 10.6. The molecular weight excluding hydrogens is 382 g/mol. The number of halogens is 4. The summed E-state index contributed by atoms with van der Waals surface area (Å²) in [5.41, 5.74) is 1.53. The summed E-state index contributed by atoms with van der Waals surface area (Å²) in [5.74, 6) is -0.547. The lowest BCUT2D eigenvalue weighted by Gasteiger charge is -2.12. The molecule has 0 aliphatic rings. The molecule has 0 saturated heterocycles. The first-order valence-corrected chi connectivity index (χ1v) is 8.18. The van der Waals surface area contributed by atoms with Crippen LogP contribution in [0.2, 0.25) is 20.1 Å². The van der Waals surface area contributed by atoms with Gasteiger partial charge in [-0.05, 0) is 47.9 Å². The smallest absolute Gasteiger partial charge is 0.303 e. The third kappa shape index (κ3) is 5.18. The van der Waals surface area contributed by atoms with Gasteiger partial charge < -0.3 is 9.84 Å². The fraction of sp³-hybridized carbons (Fsp3) is 0.188. The van der Waals surface area contributed by atoms with Crippen molar-refractivity contribution >= 4 is 52.4 Å². The number of aliphatic carboxylic acids is 1. The number of carboxylic acids is 1. The van der Waals surface area contributed by atoms with Gasteiger partial charge in [-0.15, -0.1) is 0 Å². The van der Waals surface area contributed by atoms with Crippen molar-refractivity contribution in [2.45, 2.75) is 12.8 Å². The average molecular weight is 394 g/mol. The van der Waals surface area contributed by atoms with Gasteiger partial charge in [-0.2, -0.15) is 0 Å². The molecule has 0 unspecified atom stereocenters. The van der Waals surface area contributed by atoms with Gasteiger partial charge in [0.25, 0.3) is 0 Å². The maximum Gasteiger partial charge on any atom is 0.303 e. The summed E-state index contributed by atoms with van der Waals surface area (Å²) < 4.78 is 5.48. The minimum atomic E-state index is -0.876. The number of rotatable bonds is 6. The number of carboxylic acid groups (broad SMARTS) is 1.